The van der Waals surface area contributed by atoms with Crippen molar-refractivity contribution in [1.29, 1.82) is 0 Å². The van der Waals surface area contributed by atoms with Crippen LogP contribution in [0, 0.1) is 12.3 Å². The highest BCUT2D eigenvalue weighted by atomic mass is 35.5. The molecule has 0 aliphatic carbocycles. The maximum absolute atomic E-state index is 6.33. The monoisotopic (exact) mass is 343 g/mol. The molecule has 0 aromatic heterocycles. The number of aryl methyl sites for hydroxylation is 1. The Hall–Kier alpha value is -2.31. The molecule has 2 aromatic rings. The molecule has 0 aliphatic rings. The predicted molar refractivity (Wildman–Crippen MR) is 100 cm³/mol. The molecule has 0 spiro atoms. The Morgan fingerprint density at radius 1 is 1.08 bits per heavy atom. The van der Waals surface area contributed by atoms with Gasteiger partial charge in [-0.05, 0) is 48.7 Å². The van der Waals surface area contributed by atoms with Gasteiger partial charge in [0.2, 0.25) is 0 Å². The van der Waals surface area contributed by atoms with Crippen LogP contribution in [-0.2, 0) is 13.0 Å². The molecule has 2 aromatic carbocycles. The van der Waals surface area contributed by atoms with Crippen molar-refractivity contribution in [2.45, 2.75) is 26.8 Å². The van der Waals surface area contributed by atoms with Gasteiger partial charge in [-0.3, -0.25) is 0 Å². The molecule has 0 amide bonds. The third kappa shape index (κ3) is 4.84. The number of terminal acetylenes is 1. The minimum atomic E-state index is 0.154. The highest BCUT2D eigenvalue weighted by molar-refractivity contribution is 6.32. The van der Waals surface area contributed by atoms with E-state index in [0.29, 0.717) is 29.7 Å². The highest BCUT2D eigenvalue weighted by Crippen LogP contribution is 2.36. The third-order valence-electron chi connectivity index (χ3n) is 3.53. The van der Waals surface area contributed by atoms with Crippen molar-refractivity contribution in [3.8, 4) is 23.8 Å². The van der Waals surface area contributed by atoms with Crippen LogP contribution in [0.2, 0.25) is 5.02 Å². The van der Waals surface area contributed by atoms with Gasteiger partial charge in [0.15, 0.2) is 11.5 Å². The number of rotatable bonds is 8. The summed E-state index contributed by atoms with van der Waals surface area (Å²) in [4.78, 5) is 0. The maximum Gasteiger partial charge on any atom is 0.181 e. The lowest BCUT2D eigenvalue weighted by Gasteiger charge is -2.15. The fraction of sp³-hybridized carbons (Fsp3) is 0.300. The van der Waals surface area contributed by atoms with E-state index in [2.05, 4.69) is 42.4 Å². The van der Waals surface area contributed by atoms with Gasteiger partial charge in [-0.25, -0.2) is 0 Å². The molecular formula is C20H22ClNO2. The highest BCUT2D eigenvalue weighted by Gasteiger charge is 2.12. The maximum atomic E-state index is 6.33. The molecule has 0 bridgehead atoms. The van der Waals surface area contributed by atoms with Crippen LogP contribution in [0.4, 0.5) is 5.69 Å². The summed E-state index contributed by atoms with van der Waals surface area (Å²) in [6.07, 6.45) is 6.28. The van der Waals surface area contributed by atoms with Crippen LogP contribution in [0.1, 0.15) is 25.0 Å². The summed E-state index contributed by atoms with van der Waals surface area (Å²) in [5.74, 6) is 3.54. The van der Waals surface area contributed by atoms with Gasteiger partial charge in [-0.2, -0.15) is 0 Å². The van der Waals surface area contributed by atoms with E-state index in [1.54, 1.807) is 0 Å². The van der Waals surface area contributed by atoms with Crippen molar-refractivity contribution < 1.29 is 9.47 Å². The Kier molecular flexibility index (Phi) is 6.84. The Morgan fingerprint density at radius 2 is 1.83 bits per heavy atom. The van der Waals surface area contributed by atoms with Gasteiger partial charge in [-0.1, -0.05) is 36.6 Å². The average Bonchev–Trinajstić information content (AvgIpc) is 2.60. The topological polar surface area (TPSA) is 30.5 Å². The molecule has 3 nitrogen and oxygen atoms in total. The van der Waals surface area contributed by atoms with Crippen LogP contribution in [0.15, 0.2) is 36.4 Å². The largest absolute Gasteiger partial charge is 0.490 e. The Bertz CT molecular complexity index is 705. The lowest BCUT2D eigenvalue weighted by atomic mass is 10.1. The minimum absolute atomic E-state index is 0.154. The van der Waals surface area contributed by atoms with Crippen LogP contribution in [0.5, 0.6) is 11.5 Å². The summed E-state index contributed by atoms with van der Waals surface area (Å²) in [6.45, 7) is 5.38. The van der Waals surface area contributed by atoms with Crippen molar-refractivity contribution in [2.24, 2.45) is 0 Å². The summed E-state index contributed by atoms with van der Waals surface area (Å²) in [5.41, 5.74) is 3.39. The van der Waals surface area contributed by atoms with Gasteiger partial charge in [-0.15, -0.1) is 6.42 Å². The van der Waals surface area contributed by atoms with Crippen LogP contribution in [0.3, 0.4) is 0 Å². The smallest absolute Gasteiger partial charge is 0.181 e. The standard InChI is InChI=1S/C20H22ClNO2/c1-4-11-24-20-18(21)12-16(13-19(20)23-6-3)14-22-17-9-7-15(5-2)8-10-17/h1,7-10,12-13,22H,5-6,11,14H2,2-3H3. The molecule has 0 saturated carbocycles. The second-order valence-corrected chi connectivity index (χ2v) is 5.64. The number of hydrogen-bond donors (Lipinski definition) is 1. The SMILES string of the molecule is C#CCOc1c(Cl)cc(CNc2ccc(CC)cc2)cc1OCC. The van der Waals surface area contributed by atoms with Crippen molar-refractivity contribution in [3.05, 3.63) is 52.5 Å². The van der Waals surface area contributed by atoms with Gasteiger partial charge < -0.3 is 14.8 Å². The molecule has 1 N–H and O–H groups in total. The zero-order chi connectivity index (χ0) is 17.4. The first-order valence-corrected chi connectivity index (χ1v) is 8.40. The lowest BCUT2D eigenvalue weighted by Crippen LogP contribution is -2.04. The second kappa shape index (κ2) is 9.10. The first-order valence-electron chi connectivity index (χ1n) is 8.02. The summed E-state index contributed by atoms with van der Waals surface area (Å²) in [7, 11) is 0. The van der Waals surface area contributed by atoms with Crippen molar-refractivity contribution >= 4 is 17.3 Å². The summed E-state index contributed by atoms with van der Waals surface area (Å²) in [6, 6.07) is 12.2. The van der Waals surface area contributed by atoms with E-state index in [1.165, 1.54) is 5.56 Å². The average molecular weight is 344 g/mol. The molecule has 126 valence electrons. The van der Waals surface area contributed by atoms with E-state index in [1.807, 2.05) is 19.1 Å². The molecule has 24 heavy (non-hydrogen) atoms. The summed E-state index contributed by atoms with van der Waals surface area (Å²) >= 11 is 6.33. The molecule has 0 unspecified atom stereocenters. The van der Waals surface area contributed by atoms with E-state index >= 15 is 0 Å². The molecule has 2 rings (SSSR count). The van der Waals surface area contributed by atoms with Gasteiger partial charge in [0.25, 0.3) is 0 Å². The van der Waals surface area contributed by atoms with Crippen LogP contribution in [0.25, 0.3) is 0 Å². The summed E-state index contributed by atoms with van der Waals surface area (Å²) in [5, 5.41) is 3.88. The Labute approximate surface area is 148 Å². The minimum Gasteiger partial charge on any atom is -0.490 e. The van der Waals surface area contributed by atoms with Gasteiger partial charge in [0.05, 0.1) is 11.6 Å². The first kappa shape index (κ1) is 18.0. The van der Waals surface area contributed by atoms with Gasteiger partial charge in [0, 0.05) is 12.2 Å². The van der Waals surface area contributed by atoms with Crippen LogP contribution in [-0.4, -0.2) is 13.2 Å². The van der Waals surface area contributed by atoms with Gasteiger partial charge >= 0.3 is 0 Å². The second-order valence-electron chi connectivity index (χ2n) is 5.23. The number of anilines is 1. The molecule has 4 heteroatoms. The van der Waals surface area contributed by atoms with Crippen LogP contribution < -0.4 is 14.8 Å². The van der Waals surface area contributed by atoms with Crippen molar-refractivity contribution in [3.63, 3.8) is 0 Å². The van der Waals surface area contributed by atoms with Crippen molar-refractivity contribution in [1.82, 2.24) is 0 Å². The van der Waals surface area contributed by atoms with E-state index in [9.17, 15) is 0 Å². The molecule has 0 saturated heterocycles. The van der Waals surface area contributed by atoms with Crippen molar-refractivity contribution in [2.75, 3.05) is 18.5 Å². The fourth-order valence-electron chi connectivity index (χ4n) is 2.30. The molecular weight excluding hydrogens is 322 g/mol. The number of ether oxygens (including phenoxy) is 2. The molecule has 0 aliphatic heterocycles. The zero-order valence-corrected chi connectivity index (χ0v) is 14.8. The van der Waals surface area contributed by atoms with E-state index < -0.39 is 0 Å². The lowest BCUT2D eigenvalue weighted by molar-refractivity contribution is 0.299. The van der Waals surface area contributed by atoms with E-state index in [-0.39, 0.29) is 6.61 Å². The predicted octanol–water partition coefficient (Wildman–Crippen LogP) is 4.93. The van der Waals surface area contributed by atoms with E-state index in [0.717, 1.165) is 17.7 Å². The third-order valence-corrected chi connectivity index (χ3v) is 3.81. The zero-order valence-electron chi connectivity index (χ0n) is 14.1. The fourth-order valence-corrected chi connectivity index (χ4v) is 2.59. The van der Waals surface area contributed by atoms with E-state index in [4.69, 9.17) is 27.5 Å². The quantitative estimate of drug-likeness (QED) is 0.690. The number of halogens is 1. The summed E-state index contributed by atoms with van der Waals surface area (Å²) < 4.78 is 11.1. The van der Waals surface area contributed by atoms with Gasteiger partial charge in [0.1, 0.15) is 6.61 Å². The van der Waals surface area contributed by atoms with Crippen LogP contribution >= 0.6 is 11.6 Å². The molecule has 0 atom stereocenters. The Morgan fingerprint density at radius 3 is 2.46 bits per heavy atom. The number of benzene rings is 2. The molecule has 0 heterocycles. The Balaban J connectivity index is 2.13. The molecule has 0 radical (unpaired) electrons. The number of hydrogen-bond acceptors (Lipinski definition) is 3. The first-order chi connectivity index (χ1) is 11.7. The normalized spacial score (nSPS) is 10.1. The number of nitrogens with one attached hydrogen (secondary N) is 1. The molecule has 0 fully saturated rings.